The van der Waals surface area contributed by atoms with Gasteiger partial charge in [0.15, 0.2) is 4.34 Å². The summed E-state index contributed by atoms with van der Waals surface area (Å²) in [6, 6.07) is 28.0. The Kier molecular flexibility index (Phi) is 9.48. The molecular weight excluding hydrogens is 646 g/mol. The van der Waals surface area contributed by atoms with Gasteiger partial charge in [-0.2, -0.15) is 0 Å². The molecule has 0 aliphatic carbocycles. The normalized spacial score (nSPS) is 16.0. The van der Waals surface area contributed by atoms with Crippen LogP contribution in [-0.4, -0.2) is 27.0 Å². The van der Waals surface area contributed by atoms with Crippen molar-refractivity contribution in [2.75, 3.05) is 4.90 Å². The van der Waals surface area contributed by atoms with Crippen LogP contribution >= 0.6 is 23.1 Å². The fourth-order valence-electron chi connectivity index (χ4n) is 5.46. The van der Waals surface area contributed by atoms with Crippen LogP contribution < -0.4 is 9.64 Å². The molecule has 1 fully saturated rings. The van der Waals surface area contributed by atoms with Crippen molar-refractivity contribution in [1.29, 1.82) is 0 Å². The van der Waals surface area contributed by atoms with Gasteiger partial charge >= 0.3 is 5.91 Å². The van der Waals surface area contributed by atoms with E-state index in [2.05, 4.69) is 37.0 Å². The molecule has 7 nitrogen and oxygen atoms in total. The first kappa shape index (κ1) is 33.1. The predicted molar refractivity (Wildman–Crippen MR) is 188 cm³/mol. The second-order valence-corrected chi connectivity index (χ2v) is 14.8. The molecule has 2 heterocycles. The molecule has 1 atom stereocenters. The summed E-state index contributed by atoms with van der Waals surface area (Å²) in [6.07, 6.45) is 0. The van der Waals surface area contributed by atoms with Gasteiger partial charge in [0.25, 0.3) is 5.78 Å². The molecule has 1 aromatic heterocycles. The van der Waals surface area contributed by atoms with Crippen LogP contribution in [0.5, 0.6) is 5.75 Å². The van der Waals surface area contributed by atoms with E-state index in [1.165, 1.54) is 22.7 Å². The van der Waals surface area contributed by atoms with Gasteiger partial charge in [-0.25, -0.2) is 4.39 Å². The van der Waals surface area contributed by atoms with Crippen LogP contribution in [-0.2, 0) is 27.4 Å². The number of amides is 1. The van der Waals surface area contributed by atoms with E-state index in [0.717, 1.165) is 28.0 Å². The number of halogens is 1. The second-order valence-electron chi connectivity index (χ2n) is 12.6. The Hall–Kier alpha value is -4.80. The second kappa shape index (κ2) is 13.7. The highest BCUT2D eigenvalue weighted by atomic mass is 32.2. The zero-order valence-corrected chi connectivity index (χ0v) is 28.6. The minimum Gasteiger partial charge on any atom is -0.507 e. The van der Waals surface area contributed by atoms with Gasteiger partial charge in [0.05, 0.1) is 11.6 Å². The van der Waals surface area contributed by atoms with Gasteiger partial charge in [0, 0.05) is 11.3 Å². The molecule has 0 bridgehead atoms. The summed E-state index contributed by atoms with van der Waals surface area (Å²) in [5.74, 6) is -1.34. The first-order valence-electron chi connectivity index (χ1n) is 15.4. The lowest BCUT2D eigenvalue weighted by Gasteiger charge is -2.24. The number of aliphatic hydroxyl groups is 1. The molecule has 4 aromatic carbocycles. The van der Waals surface area contributed by atoms with Crippen LogP contribution in [0, 0.1) is 12.7 Å². The molecular formula is C38H34FN3O4S2. The predicted octanol–water partition coefficient (Wildman–Crippen LogP) is 8.78. The van der Waals surface area contributed by atoms with Crippen LogP contribution in [0.4, 0.5) is 9.52 Å². The molecule has 1 saturated heterocycles. The molecule has 1 aliphatic rings. The van der Waals surface area contributed by atoms with Gasteiger partial charge in [-0.15, -0.1) is 10.2 Å². The smallest absolute Gasteiger partial charge is 0.301 e. The largest absolute Gasteiger partial charge is 0.507 e. The maximum Gasteiger partial charge on any atom is 0.301 e. The summed E-state index contributed by atoms with van der Waals surface area (Å²) < 4.78 is 20.7. The van der Waals surface area contributed by atoms with E-state index >= 15 is 0 Å². The minimum atomic E-state index is -0.950. The van der Waals surface area contributed by atoms with E-state index in [-0.39, 0.29) is 27.7 Å². The Morgan fingerprint density at radius 3 is 2.38 bits per heavy atom. The van der Waals surface area contributed by atoms with Gasteiger partial charge in [-0.1, -0.05) is 116 Å². The number of carbonyl (C=O) groups is 2. The van der Waals surface area contributed by atoms with Crippen molar-refractivity contribution in [2.24, 2.45) is 0 Å². The average Bonchev–Trinajstić information content (AvgIpc) is 3.64. The van der Waals surface area contributed by atoms with Crippen molar-refractivity contribution in [3.05, 3.63) is 142 Å². The third kappa shape index (κ3) is 7.05. The zero-order chi connectivity index (χ0) is 34.0. The molecule has 5 aromatic rings. The van der Waals surface area contributed by atoms with Crippen LogP contribution in [0.2, 0.25) is 0 Å². The summed E-state index contributed by atoms with van der Waals surface area (Å²) in [7, 11) is 0. The van der Waals surface area contributed by atoms with Gasteiger partial charge in [-0.05, 0) is 64.9 Å². The molecule has 1 aliphatic heterocycles. The molecule has 1 amide bonds. The van der Waals surface area contributed by atoms with Crippen molar-refractivity contribution in [2.45, 2.75) is 55.9 Å². The molecule has 1 N–H and O–H groups in total. The van der Waals surface area contributed by atoms with E-state index in [1.807, 2.05) is 49.4 Å². The molecule has 1 unspecified atom stereocenters. The number of aromatic nitrogens is 2. The highest BCUT2D eigenvalue weighted by molar-refractivity contribution is 8.00. The van der Waals surface area contributed by atoms with Crippen LogP contribution in [0.25, 0.3) is 5.76 Å². The molecule has 0 saturated carbocycles. The first-order chi connectivity index (χ1) is 23.0. The van der Waals surface area contributed by atoms with E-state index in [4.69, 9.17) is 4.74 Å². The Labute approximate surface area is 287 Å². The fraction of sp³-hybridized carbons (Fsp3) is 0.211. The van der Waals surface area contributed by atoms with E-state index in [0.29, 0.717) is 39.1 Å². The van der Waals surface area contributed by atoms with Gasteiger partial charge in [-0.3, -0.25) is 14.5 Å². The van der Waals surface area contributed by atoms with Crippen LogP contribution in [0.15, 0.2) is 107 Å². The number of thioether (sulfide) groups is 1. The Morgan fingerprint density at radius 1 is 0.958 bits per heavy atom. The highest BCUT2D eigenvalue weighted by Crippen LogP contribution is 2.44. The highest BCUT2D eigenvalue weighted by Gasteiger charge is 2.48. The monoisotopic (exact) mass is 679 g/mol. The minimum absolute atomic E-state index is 0.0484. The molecule has 0 radical (unpaired) electrons. The summed E-state index contributed by atoms with van der Waals surface area (Å²) in [5.41, 5.74) is 4.60. The quantitative estimate of drug-likeness (QED) is 0.0547. The number of anilines is 1. The van der Waals surface area contributed by atoms with Crippen molar-refractivity contribution in [1.82, 2.24) is 10.2 Å². The van der Waals surface area contributed by atoms with Crippen LogP contribution in [0.1, 0.15) is 60.2 Å². The molecule has 48 heavy (non-hydrogen) atoms. The molecule has 0 spiro atoms. The standard InChI is InChI=1S/C38H34FN3O4S2/c1-23-8-7-9-24(20-23)21-46-29-18-14-26(15-19-29)33(43)31-32(25-12-16-28(17-13-25)38(2,3)4)42(35(45)34(31)44)36-40-41-37(48-36)47-22-27-10-5-6-11-30(27)39/h5-20,32,43H,21-22H2,1-4H3. The van der Waals surface area contributed by atoms with Gasteiger partial charge in [0.2, 0.25) is 5.13 Å². The Bertz CT molecular complexity index is 2000. The number of hydrogen-bond donors (Lipinski definition) is 1. The fourth-order valence-corrected chi connectivity index (χ4v) is 7.31. The van der Waals surface area contributed by atoms with E-state index < -0.39 is 17.7 Å². The lowest BCUT2D eigenvalue weighted by Crippen LogP contribution is -2.29. The SMILES string of the molecule is Cc1cccc(COc2ccc(C(O)=C3C(=O)C(=O)N(c4nnc(SCc5ccccc5F)s4)C3c3ccc(C(C)(C)C)cc3)cc2)c1. The molecule has 10 heteroatoms. The third-order valence-corrected chi connectivity index (χ3v) is 10.2. The number of Topliss-reactive ketones (excluding diaryl/α,β-unsaturated/α-hetero) is 1. The van der Waals surface area contributed by atoms with E-state index in [1.54, 1.807) is 42.5 Å². The average molecular weight is 680 g/mol. The lowest BCUT2D eigenvalue weighted by atomic mass is 9.85. The summed E-state index contributed by atoms with van der Waals surface area (Å²) in [4.78, 5) is 28.7. The van der Waals surface area contributed by atoms with Crippen molar-refractivity contribution < 1.29 is 23.8 Å². The zero-order valence-electron chi connectivity index (χ0n) is 26.9. The third-order valence-electron chi connectivity index (χ3n) is 8.06. The summed E-state index contributed by atoms with van der Waals surface area (Å²) in [5, 5.41) is 20.3. The van der Waals surface area contributed by atoms with Crippen molar-refractivity contribution in [3.8, 4) is 5.75 Å². The van der Waals surface area contributed by atoms with Crippen molar-refractivity contribution in [3.63, 3.8) is 0 Å². The maximum absolute atomic E-state index is 14.2. The number of benzene rings is 4. The lowest BCUT2D eigenvalue weighted by molar-refractivity contribution is -0.132. The molecule has 6 rings (SSSR count). The number of rotatable bonds is 9. The Balaban J connectivity index is 1.33. The van der Waals surface area contributed by atoms with Crippen molar-refractivity contribution >= 4 is 45.7 Å². The number of nitrogens with zero attached hydrogens (tertiary/aromatic N) is 3. The Morgan fingerprint density at radius 2 is 1.69 bits per heavy atom. The van der Waals surface area contributed by atoms with Crippen LogP contribution in [0.3, 0.4) is 0 Å². The number of hydrogen-bond acceptors (Lipinski definition) is 8. The number of aliphatic hydroxyl groups excluding tert-OH is 1. The first-order valence-corrected chi connectivity index (χ1v) is 17.2. The van der Waals surface area contributed by atoms with Gasteiger partial charge in [0.1, 0.15) is 23.9 Å². The summed E-state index contributed by atoms with van der Waals surface area (Å²) in [6.45, 7) is 8.71. The number of ketones is 1. The number of ether oxygens (including phenoxy) is 1. The van der Waals surface area contributed by atoms with E-state index in [9.17, 15) is 19.1 Å². The summed E-state index contributed by atoms with van der Waals surface area (Å²) >= 11 is 2.42. The molecule has 244 valence electrons. The topological polar surface area (TPSA) is 92.6 Å². The maximum atomic E-state index is 14.2. The number of aryl methyl sites for hydroxylation is 1. The van der Waals surface area contributed by atoms with Gasteiger partial charge < -0.3 is 9.84 Å². The number of carbonyl (C=O) groups excluding carboxylic acids is 2.